The molecule has 0 radical (unpaired) electrons. The first-order valence-corrected chi connectivity index (χ1v) is 7.76. The van der Waals surface area contributed by atoms with Gasteiger partial charge in [-0.25, -0.2) is 0 Å². The van der Waals surface area contributed by atoms with Crippen LogP contribution >= 0.6 is 11.8 Å². The van der Waals surface area contributed by atoms with Crippen LogP contribution in [0.5, 0.6) is 0 Å². The van der Waals surface area contributed by atoms with Crippen LogP contribution in [-0.4, -0.2) is 36.7 Å². The van der Waals surface area contributed by atoms with Crippen LogP contribution in [-0.2, 0) is 9.53 Å². The van der Waals surface area contributed by atoms with Crippen molar-refractivity contribution in [1.29, 1.82) is 0 Å². The summed E-state index contributed by atoms with van der Waals surface area (Å²) in [4.78, 5) is 11.6. The van der Waals surface area contributed by atoms with Gasteiger partial charge >= 0.3 is 5.97 Å². The topological polar surface area (TPSA) is 38.3 Å². The summed E-state index contributed by atoms with van der Waals surface area (Å²) in [6.07, 6.45) is 9.08. The average Bonchev–Trinajstić information content (AvgIpc) is 2.31. The minimum atomic E-state index is -0.121. The zero-order valence-corrected chi connectivity index (χ0v) is 12.1. The second-order valence-electron chi connectivity index (χ2n) is 4.84. The van der Waals surface area contributed by atoms with E-state index in [1.807, 2.05) is 11.8 Å². The third-order valence-electron chi connectivity index (χ3n) is 3.70. The SMILES string of the molecule is CCCCC(NCC1(SC)CCC1)C(=O)OC. The van der Waals surface area contributed by atoms with Crippen molar-refractivity contribution in [3.63, 3.8) is 0 Å². The summed E-state index contributed by atoms with van der Waals surface area (Å²) < 4.78 is 5.23. The summed E-state index contributed by atoms with van der Waals surface area (Å²) in [5, 5.41) is 3.40. The van der Waals surface area contributed by atoms with Gasteiger partial charge in [-0.05, 0) is 25.5 Å². The van der Waals surface area contributed by atoms with Crippen molar-refractivity contribution < 1.29 is 9.53 Å². The van der Waals surface area contributed by atoms with E-state index in [0.717, 1.165) is 25.8 Å². The Morgan fingerprint density at radius 1 is 1.53 bits per heavy atom. The van der Waals surface area contributed by atoms with E-state index in [-0.39, 0.29) is 12.0 Å². The number of rotatable bonds is 8. The van der Waals surface area contributed by atoms with E-state index in [1.54, 1.807) is 0 Å². The smallest absolute Gasteiger partial charge is 0.322 e. The normalized spacial score (nSPS) is 19.5. The Morgan fingerprint density at radius 2 is 2.24 bits per heavy atom. The number of carbonyl (C=O) groups is 1. The lowest BCUT2D eigenvalue weighted by atomic mass is 9.84. The monoisotopic (exact) mass is 259 g/mol. The van der Waals surface area contributed by atoms with Gasteiger partial charge in [-0.1, -0.05) is 26.2 Å². The number of carbonyl (C=O) groups excluding carboxylic acids is 1. The molecule has 0 aromatic heterocycles. The van der Waals surface area contributed by atoms with Crippen molar-refractivity contribution in [2.75, 3.05) is 19.9 Å². The number of thioether (sulfide) groups is 1. The van der Waals surface area contributed by atoms with Crippen molar-refractivity contribution in [2.24, 2.45) is 0 Å². The van der Waals surface area contributed by atoms with Crippen LogP contribution in [0.1, 0.15) is 45.4 Å². The van der Waals surface area contributed by atoms with E-state index in [1.165, 1.54) is 26.4 Å². The van der Waals surface area contributed by atoms with E-state index >= 15 is 0 Å². The fraction of sp³-hybridized carbons (Fsp3) is 0.923. The number of hydrogen-bond donors (Lipinski definition) is 1. The summed E-state index contributed by atoms with van der Waals surface area (Å²) in [5.41, 5.74) is 0. The van der Waals surface area contributed by atoms with Gasteiger partial charge in [0.2, 0.25) is 0 Å². The van der Waals surface area contributed by atoms with Crippen LogP contribution in [0.25, 0.3) is 0 Å². The van der Waals surface area contributed by atoms with Gasteiger partial charge in [0.05, 0.1) is 7.11 Å². The van der Waals surface area contributed by atoms with Crippen molar-refractivity contribution in [1.82, 2.24) is 5.32 Å². The Bertz CT molecular complexity index is 236. The minimum Gasteiger partial charge on any atom is -0.468 e. The van der Waals surface area contributed by atoms with E-state index in [9.17, 15) is 4.79 Å². The molecule has 0 aliphatic heterocycles. The quantitative estimate of drug-likeness (QED) is 0.680. The molecule has 4 heteroatoms. The summed E-state index contributed by atoms with van der Waals surface area (Å²) in [7, 11) is 1.47. The second kappa shape index (κ2) is 7.27. The van der Waals surface area contributed by atoms with E-state index in [2.05, 4.69) is 18.5 Å². The maximum Gasteiger partial charge on any atom is 0.322 e. The van der Waals surface area contributed by atoms with Crippen molar-refractivity contribution in [2.45, 2.75) is 56.2 Å². The van der Waals surface area contributed by atoms with Crippen molar-refractivity contribution >= 4 is 17.7 Å². The van der Waals surface area contributed by atoms with E-state index < -0.39 is 0 Å². The van der Waals surface area contributed by atoms with Crippen LogP contribution < -0.4 is 5.32 Å². The van der Waals surface area contributed by atoms with Gasteiger partial charge in [0.25, 0.3) is 0 Å². The van der Waals surface area contributed by atoms with Crippen LogP contribution in [0.2, 0.25) is 0 Å². The fourth-order valence-corrected chi connectivity index (χ4v) is 3.11. The molecule has 0 heterocycles. The highest BCUT2D eigenvalue weighted by atomic mass is 32.2. The highest BCUT2D eigenvalue weighted by Gasteiger charge is 2.36. The van der Waals surface area contributed by atoms with E-state index in [4.69, 9.17) is 4.74 Å². The zero-order valence-electron chi connectivity index (χ0n) is 11.3. The molecule has 1 aliphatic rings. The van der Waals surface area contributed by atoms with Gasteiger partial charge in [0.1, 0.15) is 6.04 Å². The predicted octanol–water partition coefficient (Wildman–Crippen LogP) is 2.59. The molecule has 1 aliphatic carbocycles. The molecule has 1 fully saturated rings. The summed E-state index contributed by atoms with van der Waals surface area (Å²) >= 11 is 1.93. The molecule has 3 nitrogen and oxygen atoms in total. The molecule has 1 saturated carbocycles. The number of hydrogen-bond acceptors (Lipinski definition) is 4. The highest BCUT2D eigenvalue weighted by molar-refractivity contribution is 8.00. The molecule has 0 spiro atoms. The average molecular weight is 259 g/mol. The summed E-state index contributed by atoms with van der Waals surface area (Å²) in [5.74, 6) is -0.117. The number of nitrogens with one attached hydrogen (secondary N) is 1. The molecular formula is C13H25NO2S. The van der Waals surface area contributed by atoms with Crippen molar-refractivity contribution in [3.8, 4) is 0 Å². The Kier molecular flexibility index (Phi) is 6.34. The minimum absolute atomic E-state index is 0.117. The third-order valence-corrected chi connectivity index (χ3v) is 5.12. The molecule has 1 rings (SSSR count). The zero-order chi connectivity index (χ0) is 12.7. The molecule has 0 bridgehead atoms. The molecule has 17 heavy (non-hydrogen) atoms. The van der Waals surface area contributed by atoms with E-state index in [0.29, 0.717) is 4.75 Å². The van der Waals surface area contributed by atoms with Crippen LogP contribution in [0.3, 0.4) is 0 Å². The second-order valence-corrected chi connectivity index (χ2v) is 6.11. The third kappa shape index (κ3) is 4.18. The number of esters is 1. The van der Waals surface area contributed by atoms with Gasteiger partial charge in [-0.2, -0.15) is 11.8 Å². The standard InChI is InChI=1S/C13H25NO2S/c1-4-5-7-11(12(15)16-2)14-10-13(17-3)8-6-9-13/h11,14H,4-10H2,1-3H3. The van der Waals surface area contributed by atoms with Gasteiger partial charge in [0.15, 0.2) is 0 Å². The highest BCUT2D eigenvalue weighted by Crippen LogP contribution is 2.42. The Hall–Kier alpha value is -0.220. The number of methoxy groups -OCH3 is 1. The van der Waals surface area contributed by atoms with Gasteiger partial charge in [-0.3, -0.25) is 4.79 Å². The fourth-order valence-electron chi connectivity index (χ4n) is 2.19. The Morgan fingerprint density at radius 3 is 2.65 bits per heavy atom. The molecule has 1 N–H and O–H groups in total. The Balaban J connectivity index is 2.39. The lowest BCUT2D eigenvalue weighted by Gasteiger charge is -2.41. The first-order chi connectivity index (χ1) is 8.17. The summed E-state index contributed by atoms with van der Waals surface area (Å²) in [6, 6.07) is -0.121. The molecule has 0 saturated heterocycles. The molecule has 1 unspecified atom stereocenters. The molecule has 100 valence electrons. The number of unbranched alkanes of at least 4 members (excludes halogenated alkanes) is 1. The van der Waals surface area contributed by atoms with Crippen LogP contribution in [0.15, 0.2) is 0 Å². The summed E-state index contributed by atoms with van der Waals surface area (Å²) in [6.45, 7) is 3.07. The first kappa shape index (κ1) is 14.8. The maximum absolute atomic E-state index is 11.6. The lowest BCUT2D eigenvalue weighted by molar-refractivity contribution is -0.143. The molecule has 0 aromatic carbocycles. The molecule has 0 amide bonds. The Labute approximate surface area is 109 Å². The molecular weight excluding hydrogens is 234 g/mol. The molecule has 1 atom stereocenters. The van der Waals surface area contributed by atoms with Gasteiger partial charge < -0.3 is 10.1 Å². The maximum atomic E-state index is 11.6. The number of ether oxygens (including phenoxy) is 1. The molecule has 0 aromatic rings. The largest absolute Gasteiger partial charge is 0.468 e. The van der Waals surface area contributed by atoms with Crippen molar-refractivity contribution in [3.05, 3.63) is 0 Å². The van der Waals surface area contributed by atoms with Crippen LogP contribution in [0, 0.1) is 0 Å². The predicted molar refractivity (Wildman–Crippen MR) is 73.4 cm³/mol. The van der Waals surface area contributed by atoms with Gasteiger partial charge in [-0.15, -0.1) is 0 Å². The van der Waals surface area contributed by atoms with Crippen LogP contribution in [0.4, 0.5) is 0 Å². The van der Waals surface area contributed by atoms with Gasteiger partial charge in [0, 0.05) is 11.3 Å². The lowest BCUT2D eigenvalue weighted by Crippen LogP contribution is -2.49. The first-order valence-electron chi connectivity index (χ1n) is 6.54.